The summed E-state index contributed by atoms with van der Waals surface area (Å²) >= 11 is 0. The van der Waals surface area contributed by atoms with Crippen molar-refractivity contribution in [3.8, 4) is 6.19 Å². The highest BCUT2D eigenvalue weighted by Gasteiger charge is 2.37. The van der Waals surface area contributed by atoms with E-state index in [0.29, 0.717) is 57.7 Å². The molecule has 14 nitrogen and oxygen atoms in total. The zero-order valence-electron chi connectivity index (χ0n) is 33.6. The third kappa shape index (κ3) is 16.0. The molecule has 4 atom stereocenters. The Morgan fingerprint density at radius 2 is 1.69 bits per heavy atom. The number of hydrogen-bond acceptors (Lipinski definition) is 8. The van der Waals surface area contributed by atoms with Crippen molar-refractivity contribution in [1.29, 1.82) is 5.26 Å². The predicted molar refractivity (Wildman–Crippen MR) is 210 cm³/mol. The number of benzene rings is 1. The fourth-order valence-corrected chi connectivity index (χ4v) is 7.73. The van der Waals surface area contributed by atoms with Gasteiger partial charge < -0.3 is 40.3 Å². The van der Waals surface area contributed by atoms with E-state index in [9.17, 15) is 24.3 Å². The maximum Gasteiger partial charge on any atom is 0.328 e. The number of nitrogens with zero attached hydrogens (tertiary/aromatic N) is 3. The monoisotopic (exact) mass is 770 g/mol. The number of unbranched alkanes of at least 4 members (excludes halogenated alkanes) is 1. The maximum absolute atomic E-state index is 14.6. The summed E-state index contributed by atoms with van der Waals surface area (Å²) in [6, 6.07) is 7.80. The van der Waals surface area contributed by atoms with Crippen molar-refractivity contribution >= 4 is 23.9 Å². The summed E-state index contributed by atoms with van der Waals surface area (Å²) in [6.45, 7) is 7.81. The zero-order chi connectivity index (χ0) is 40.0. The van der Waals surface area contributed by atoms with Gasteiger partial charge in [-0.25, -0.2) is 14.9 Å². The van der Waals surface area contributed by atoms with Gasteiger partial charge >= 0.3 is 12.1 Å². The van der Waals surface area contributed by atoms with Crippen molar-refractivity contribution in [2.45, 2.75) is 129 Å². The molecule has 0 spiro atoms. The maximum atomic E-state index is 14.6. The minimum absolute atomic E-state index is 0.00678. The van der Waals surface area contributed by atoms with Gasteiger partial charge in [0.25, 0.3) is 0 Å². The average Bonchev–Trinajstić information content (AvgIpc) is 3.19. The lowest BCUT2D eigenvalue weighted by molar-refractivity contribution is -0.129. The van der Waals surface area contributed by atoms with Crippen LogP contribution in [0.15, 0.2) is 30.3 Å². The molecule has 55 heavy (non-hydrogen) atoms. The van der Waals surface area contributed by atoms with Crippen LogP contribution in [0.4, 0.5) is 9.59 Å². The van der Waals surface area contributed by atoms with Gasteiger partial charge in [-0.2, -0.15) is 5.26 Å². The SMILES string of the molecule is CCCC[C@@H](C(=O)N[C@@H](CC1CCCCC1)[C@@H](O)C[C@H](C(=O)NCCNC(=O)NC#N)C(C)C)N(CCc1ccccc1)C(=O)N1CCC(OCOC)CC1. The minimum Gasteiger partial charge on any atom is -0.391 e. The third-order valence-corrected chi connectivity index (χ3v) is 11.0. The van der Waals surface area contributed by atoms with E-state index in [1.165, 1.54) is 6.42 Å². The van der Waals surface area contributed by atoms with E-state index < -0.39 is 30.1 Å². The van der Waals surface area contributed by atoms with Crippen LogP contribution in [0.5, 0.6) is 0 Å². The number of aliphatic hydroxyl groups is 1. The molecule has 0 aromatic heterocycles. The molecule has 1 heterocycles. The summed E-state index contributed by atoms with van der Waals surface area (Å²) in [7, 11) is 1.59. The minimum atomic E-state index is -1.00. The Hall–Kier alpha value is -3.93. The molecule has 1 aromatic rings. The Bertz CT molecular complexity index is 1330. The van der Waals surface area contributed by atoms with Crippen LogP contribution in [-0.2, 0) is 25.5 Å². The van der Waals surface area contributed by atoms with E-state index in [2.05, 4.69) is 22.9 Å². The van der Waals surface area contributed by atoms with Crippen LogP contribution in [0, 0.1) is 29.2 Å². The van der Waals surface area contributed by atoms with E-state index in [0.717, 1.165) is 44.1 Å². The standard InChI is InChI=1S/C41H67N7O7/c1-5-6-17-36(48(25-18-31-13-9-7-10-14-31)41(53)47-23-19-33(20-24-47)55-29-54-4)39(51)46-35(26-32-15-11-8-12-16-32)37(49)27-34(30(2)3)38(50)43-21-22-44-40(52)45-28-42/h7,9-10,13-14,30,32-37,49H,5-6,8,11-12,15-27,29H2,1-4H3,(H,43,50)(H,46,51)(H2,44,45,52)/t34-,35-,36-,37-/m0/s1. The van der Waals surface area contributed by atoms with Crippen molar-refractivity contribution in [2.24, 2.45) is 17.8 Å². The second kappa shape index (κ2) is 25.3. The zero-order valence-corrected chi connectivity index (χ0v) is 33.6. The van der Waals surface area contributed by atoms with Crippen LogP contribution in [0.2, 0.25) is 0 Å². The van der Waals surface area contributed by atoms with Crippen LogP contribution in [0.3, 0.4) is 0 Å². The third-order valence-electron chi connectivity index (χ3n) is 11.0. The molecular weight excluding hydrogens is 702 g/mol. The van der Waals surface area contributed by atoms with Crippen LogP contribution in [-0.4, -0.2) is 110 Å². The number of aliphatic hydroxyl groups excluding tert-OH is 1. The molecule has 1 aliphatic heterocycles. The fraction of sp³-hybridized carbons (Fsp3) is 0.732. The number of ether oxygens (including phenoxy) is 2. The number of nitriles is 1. The lowest BCUT2D eigenvalue weighted by Gasteiger charge is -2.39. The van der Waals surface area contributed by atoms with Crippen molar-refractivity contribution in [3.05, 3.63) is 35.9 Å². The van der Waals surface area contributed by atoms with Crippen LogP contribution < -0.4 is 21.3 Å². The molecule has 308 valence electrons. The topological polar surface area (TPSA) is 185 Å². The lowest BCUT2D eigenvalue weighted by Crippen LogP contribution is -2.58. The molecule has 14 heteroatoms. The molecule has 6 amide bonds. The quantitative estimate of drug-likeness (QED) is 0.0488. The van der Waals surface area contributed by atoms with E-state index in [1.54, 1.807) is 18.2 Å². The number of piperidine rings is 1. The van der Waals surface area contributed by atoms with Crippen molar-refractivity contribution in [3.63, 3.8) is 0 Å². The Morgan fingerprint density at radius 3 is 2.33 bits per heavy atom. The summed E-state index contributed by atoms with van der Waals surface area (Å²) in [4.78, 5) is 57.6. The smallest absolute Gasteiger partial charge is 0.328 e. The van der Waals surface area contributed by atoms with Crippen LogP contribution in [0.1, 0.15) is 103 Å². The van der Waals surface area contributed by atoms with Gasteiger partial charge in [-0.3, -0.25) is 9.59 Å². The van der Waals surface area contributed by atoms with Gasteiger partial charge in [-0.05, 0) is 55.9 Å². The number of methoxy groups -OCH3 is 1. The number of likely N-dealkylation sites (tertiary alicyclic amines) is 1. The second-order valence-corrected chi connectivity index (χ2v) is 15.4. The van der Waals surface area contributed by atoms with Crippen molar-refractivity contribution in [1.82, 2.24) is 31.1 Å². The Balaban J connectivity index is 1.83. The predicted octanol–water partition coefficient (Wildman–Crippen LogP) is 4.67. The molecule has 5 N–H and O–H groups in total. The van der Waals surface area contributed by atoms with Gasteiger partial charge in [0.15, 0.2) is 6.19 Å². The molecule has 1 aromatic carbocycles. The molecule has 3 rings (SSSR count). The summed E-state index contributed by atoms with van der Waals surface area (Å²) in [5.74, 6) is -0.862. The highest BCUT2D eigenvalue weighted by atomic mass is 16.7. The van der Waals surface area contributed by atoms with E-state index >= 15 is 0 Å². The first-order valence-electron chi connectivity index (χ1n) is 20.5. The Morgan fingerprint density at radius 1 is 1.00 bits per heavy atom. The van der Waals surface area contributed by atoms with E-state index in [4.69, 9.17) is 14.7 Å². The van der Waals surface area contributed by atoms with Gasteiger partial charge in [-0.15, -0.1) is 0 Å². The largest absolute Gasteiger partial charge is 0.391 e. The number of amides is 6. The van der Waals surface area contributed by atoms with Crippen molar-refractivity contribution < 1.29 is 33.8 Å². The molecule has 2 aliphatic rings. The second-order valence-electron chi connectivity index (χ2n) is 15.4. The summed E-state index contributed by atoms with van der Waals surface area (Å²) < 4.78 is 10.9. The molecule has 0 bridgehead atoms. The first kappa shape index (κ1) is 45.5. The molecular formula is C41H67N7O7. The average molecular weight is 770 g/mol. The lowest BCUT2D eigenvalue weighted by atomic mass is 9.81. The molecule has 2 fully saturated rings. The number of carbonyl (C=O) groups is 4. The summed E-state index contributed by atoms with van der Waals surface area (Å²) in [5, 5.41) is 31.1. The van der Waals surface area contributed by atoms with E-state index in [1.807, 2.05) is 54.4 Å². The highest BCUT2D eigenvalue weighted by Crippen LogP contribution is 2.30. The molecule has 0 unspecified atom stereocenters. The highest BCUT2D eigenvalue weighted by molar-refractivity contribution is 5.87. The number of rotatable bonds is 22. The van der Waals surface area contributed by atoms with Gasteiger partial charge in [0.2, 0.25) is 11.8 Å². The Labute approximate surface area is 328 Å². The normalized spacial score (nSPS) is 17.4. The number of hydrogen-bond donors (Lipinski definition) is 5. The van der Waals surface area contributed by atoms with Crippen molar-refractivity contribution in [2.75, 3.05) is 46.6 Å². The summed E-state index contributed by atoms with van der Waals surface area (Å²) in [5.41, 5.74) is 1.08. The van der Waals surface area contributed by atoms with Crippen LogP contribution >= 0.6 is 0 Å². The van der Waals surface area contributed by atoms with Gasteiger partial charge in [0, 0.05) is 45.8 Å². The Kier molecular flexibility index (Phi) is 20.9. The van der Waals surface area contributed by atoms with Gasteiger partial charge in [0.05, 0.1) is 18.2 Å². The summed E-state index contributed by atoms with van der Waals surface area (Å²) in [6.07, 6.45) is 10.7. The molecule has 1 saturated carbocycles. The first-order chi connectivity index (χ1) is 26.6. The number of nitrogens with one attached hydrogen (secondary N) is 4. The van der Waals surface area contributed by atoms with Gasteiger partial charge in [0.1, 0.15) is 12.8 Å². The molecule has 1 saturated heterocycles. The first-order valence-corrected chi connectivity index (χ1v) is 20.5. The number of urea groups is 2. The van der Waals surface area contributed by atoms with Crippen LogP contribution in [0.25, 0.3) is 0 Å². The molecule has 0 radical (unpaired) electrons. The molecule has 1 aliphatic carbocycles. The number of carbonyl (C=O) groups excluding carboxylic acids is 4. The fourth-order valence-electron chi connectivity index (χ4n) is 7.73. The van der Waals surface area contributed by atoms with E-state index in [-0.39, 0.29) is 56.2 Å². The van der Waals surface area contributed by atoms with Gasteiger partial charge in [-0.1, -0.05) is 96.0 Å².